The minimum absolute atomic E-state index is 0.0888. The minimum Gasteiger partial charge on any atom is -0.495 e. The summed E-state index contributed by atoms with van der Waals surface area (Å²) < 4.78 is 5.65. The van der Waals surface area contributed by atoms with Gasteiger partial charge in [-0.2, -0.15) is 0 Å². The van der Waals surface area contributed by atoms with Gasteiger partial charge in [-0.15, -0.1) is 0 Å². The van der Waals surface area contributed by atoms with Crippen molar-refractivity contribution in [3.05, 3.63) is 117 Å². The molecule has 1 amide bonds. The summed E-state index contributed by atoms with van der Waals surface area (Å²) in [5, 5.41) is 12.9. The molecule has 0 aromatic heterocycles. The number of ketones is 1. The maximum Gasteiger partial charge on any atom is 0.335 e. The second-order valence-corrected chi connectivity index (χ2v) is 9.92. The lowest BCUT2D eigenvalue weighted by Crippen LogP contribution is -2.41. The molecule has 0 radical (unpaired) electrons. The monoisotopic (exact) mass is 594 g/mol. The SMILES string of the molecule is COC(=C/N(C)C(Cc1ccc(Cl)cc1)C(=O)Nc1ccc(C(=O)O)cc1)/C(=C\C=O)c1cc(Cl)ccc1C(C)=O. The van der Waals surface area contributed by atoms with Gasteiger partial charge in [0.25, 0.3) is 0 Å². The predicted molar refractivity (Wildman–Crippen MR) is 159 cm³/mol. The van der Waals surface area contributed by atoms with Gasteiger partial charge in [-0.1, -0.05) is 35.3 Å². The van der Waals surface area contributed by atoms with Gasteiger partial charge in [0, 0.05) is 46.5 Å². The van der Waals surface area contributed by atoms with Crippen LogP contribution in [-0.2, 0) is 20.7 Å². The standard InChI is InChI=1S/C31H28Cl2N2O6/c1-19(37)25-13-10-23(33)17-27(25)26(14-15-36)29(41-3)18-35(2)28(16-20-4-8-22(32)9-5-20)30(38)34-24-11-6-21(7-12-24)31(39)40/h4-15,17-18,28H,16H2,1-3H3,(H,34,38)(H,39,40)/b26-14-,29-18+. The first-order valence-electron chi connectivity index (χ1n) is 12.4. The van der Waals surface area contributed by atoms with Crippen molar-refractivity contribution in [2.24, 2.45) is 0 Å². The quantitative estimate of drug-likeness (QED) is 0.0850. The maximum atomic E-state index is 13.6. The summed E-state index contributed by atoms with van der Waals surface area (Å²) in [4.78, 5) is 50.4. The number of likely N-dealkylation sites (N-methyl/N-ethyl adjacent to an activating group) is 1. The molecule has 2 N–H and O–H groups in total. The van der Waals surface area contributed by atoms with Gasteiger partial charge in [-0.3, -0.25) is 14.4 Å². The third kappa shape index (κ3) is 8.30. The van der Waals surface area contributed by atoms with Crippen molar-refractivity contribution < 1.29 is 29.0 Å². The van der Waals surface area contributed by atoms with Crippen LogP contribution in [0, 0.1) is 0 Å². The Kier molecular flexibility index (Phi) is 10.9. The summed E-state index contributed by atoms with van der Waals surface area (Å²) in [5.74, 6) is -1.48. The van der Waals surface area contributed by atoms with Gasteiger partial charge in [0.2, 0.25) is 5.91 Å². The van der Waals surface area contributed by atoms with E-state index in [1.807, 2.05) is 12.1 Å². The van der Waals surface area contributed by atoms with Crippen molar-refractivity contribution in [1.82, 2.24) is 4.90 Å². The molecule has 0 heterocycles. The summed E-state index contributed by atoms with van der Waals surface area (Å²) in [6, 6.07) is 16.8. The van der Waals surface area contributed by atoms with Crippen molar-refractivity contribution in [3.8, 4) is 0 Å². The largest absolute Gasteiger partial charge is 0.495 e. The normalized spacial score (nSPS) is 12.3. The number of aromatic carboxylic acids is 1. The molecule has 8 nitrogen and oxygen atoms in total. The van der Waals surface area contributed by atoms with Crippen LogP contribution in [0.1, 0.15) is 38.8 Å². The molecular formula is C31H28Cl2N2O6. The molecule has 10 heteroatoms. The van der Waals surface area contributed by atoms with Crippen molar-refractivity contribution in [2.75, 3.05) is 19.5 Å². The van der Waals surface area contributed by atoms with Crippen molar-refractivity contribution >= 4 is 58.4 Å². The predicted octanol–water partition coefficient (Wildman–Crippen LogP) is 6.15. The number of rotatable bonds is 12. The molecule has 3 aromatic rings. The first kappa shape index (κ1) is 31.1. The number of carbonyl (C=O) groups is 4. The van der Waals surface area contributed by atoms with Crippen LogP contribution >= 0.6 is 23.2 Å². The summed E-state index contributed by atoms with van der Waals surface area (Å²) in [6.07, 6.45) is 3.67. The zero-order chi connectivity index (χ0) is 30.1. The number of hydrogen-bond acceptors (Lipinski definition) is 6. The molecule has 0 aliphatic heterocycles. The fourth-order valence-corrected chi connectivity index (χ4v) is 4.41. The van der Waals surface area contributed by atoms with Gasteiger partial charge >= 0.3 is 5.97 Å². The number of hydrogen-bond donors (Lipinski definition) is 2. The van der Waals surface area contributed by atoms with E-state index in [0.717, 1.165) is 5.56 Å². The number of allylic oxidation sites excluding steroid dienone is 2. The van der Waals surface area contributed by atoms with Gasteiger partial charge in [0.15, 0.2) is 5.78 Å². The van der Waals surface area contributed by atoms with E-state index < -0.39 is 12.0 Å². The Morgan fingerprint density at radius 3 is 2.17 bits per heavy atom. The average molecular weight is 595 g/mol. The zero-order valence-corrected chi connectivity index (χ0v) is 24.1. The van der Waals surface area contributed by atoms with Crippen LogP contribution in [0.2, 0.25) is 10.0 Å². The number of methoxy groups -OCH3 is 1. The second kappa shape index (κ2) is 14.3. The number of aldehydes is 1. The Morgan fingerprint density at radius 2 is 1.61 bits per heavy atom. The highest BCUT2D eigenvalue weighted by atomic mass is 35.5. The van der Waals surface area contributed by atoms with Gasteiger partial charge in [-0.25, -0.2) is 4.79 Å². The second-order valence-electron chi connectivity index (χ2n) is 9.04. The lowest BCUT2D eigenvalue weighted by molar-refractivity contribution is -0.120. The Labute approximate surface area is 247 Å². The number of benzene rings is 3. The summed E-state index contributed by atoms with van der Waals surface area (Å²) in [7, 11) is 3.09. The first-order valence-corrected chi connectivity index (χ1v) is 13.1. The molecule has 41 heavy (non-hydrogen) atoms. The van der Waals surface area contributed by atoms with Crippen LogP contribution in [0.15, 0.2) is 84.8 Å². The molecule has 0 saturated carbocycles. The van der Waals surface area contributed by atoms with Gasteiger partial charge in [0.05, 0.1) is 12.7 Å². The van der Waals surface area contributed by atoms with E-state index in [0.29, 0.717) is 38.7 Å². The fourth-order valence-electron chi connectivity index (χ4n) is 4.11. The third-order valence-corrected chi connectivity index (χ3v) is 6.72. The lowest BCUT2D eigenvalue weighted by Gasteiger charge is -2.27. The highest BCUT2D eigenvalue weighted by molar-refractivity contribution is 6.31. The van der Waals surface area contributed by atoms with Crippen LogP contribution < -0.4 is 5.32 Å². The molecule has 1 atom stereocenters. The van der Waals surface area contributed by atoms with Gasteiger partial charge in [-0.05, 0) is 78.7 Å². The highest BCUT2D eigenvalue weighted by Crippen LogP contribution is 2.30. The minimum atomic E-state index is -1.08. The number of anilines is 1. The number of nitrogens with zero attached hydrogens (tertiary/aromatic N) is 1. The van der Waals surface area contributed by atoms with E-state index in [2.05, 4.69) is 5.32 Å². The Bertz CT molecular complexity index is 1500. The van der Waals surface area contributed by atoms with Crippen LogP contribution in [0.5, 0.6) is 0 Å². The number of halogens is 2. The molecule has 0 aliphatic rings. The van der Waals surface area contributed by atoms with Crippen molar-refractivity contribution in [1.29, 1.82) is 0 Å². The molecule has 0 fully saturated rings. The van der Waals surface area contributed by atoms with E-state index in [-0.39, 0.29) is 29.4 Å². The van der Waals surface area contributed by atoms with E-state index in [1.165, 1.54) is 44.4 Å². The van der Waals surface area contributed by atoms with Crippen LogP contribution in [0.25, 0.3) is 5.57 Å². The van der Waals surface area contributed by atoms with Crippen molar-refractivity contribution in [3.63, 3.8) is 0 Å². The zero-order valence-electron chi connectivity index (χ0n) is 22.6. The fraction of sp³-hybridized carbons (Fsp3) is 0.161. The molecule has 0 aliphatic carbocycles. The van der Waals surface area contributed by atoms with Crippen LogP contribution in [0.3, 0.4) is 0 Å². The Balaban J connectivity index is 2.03. The number of carboxylic acid groups (broad SMARTS) is 1. The first-order chi connectivity index (χ1) is 19.5. The van der Waals surface area contributed by atoms with Crippen LogP contribution in [0.4, 0.5) is 5.69 Å². The third-order valence-electron chi connectivity index (χ3n) is 6.23. The van der Waals surface area contributed by atoms with Crippen molar-refractivity contribution in [2.45, 2.75) is 19.4 Å². The van der Waals surface area contributed by atoms with E-state index >= 15 is 0 Å². The maximum absolute atomic E-state index is 13.6. The van der Waals surface area contributed by atoms with Crippen LogP contribution in [-0.4, -0.2) is 54.2 Å². The average Bonchev–Trinajstić information content (AvgIpc) is 2.94. The van der Waals surface area contributed by atoms with E-state index in [4.69, 9.17) is 33.0 Å². The summed E-state index contributed by atoms with van der Waals surface area (Å²) in [5.41, 5.74) is 2.37. The smallest absolute Gasteiger partial charge is 0.335 e. The molecular weight excluding hydrogens is 567 g/mol. The number of nitrogens with one attached hydrogen (secondary N) is 1. The Morgan fingerprint density at radius 1 is 0.976 bits per heavy atom. The summed E-state index contributed by atoms with van der Waals surface area (Å²) in [6.45, 7) is 1.41. The Hall–Kier alpha value is -4.40. The highest BCUT2D eigenvalue weighted by Gasteiger charge is 2.25. The molecule has 0 bridgehead atoms. The van der Waals surface area contributed by atoms with Gasteiger partial charge < -0.3 is 20.1 Å². The van der Waals surface area contributed by atoms with Gasteiger partial charge in [0.1, 0.15) is 18.1 Å². The molecule has 1 unspecified atom stereocenters. The number of ether oxygens (including phenoxy) is 1. The number of carboxylic acids is 1. The molecule has 212 valence electrons. The molecule has 3 rings (SSSR count). The molecule has 0 spiro atoms. The molecule has 3 aromatic carbocycles. The summed E-state index contributed by atoms with van der Waals surface area (Å²) >= 11 is 12.3. The number of Topliss-reactive ketones (excluding diaryl/α,β-unsaturated/α-hetero) is 1. The number of amides is 1. The number of carbonyl (C=O) groups excluding carboxylic acids is 3. The van der Waals surface area contributed by atoms with E-state index in [9.17, 15) is 19.2 Å². The lowest BCUT2D eigenvalue weighted by atomic mass is 9.95. The van der Waals surface area contributed by atoms with E-state index in [1.54, 1.807) is 48.5 Å². The topological polar surface area (TPSA) is 113 Å². The molecule has 0 saturated heterocycles.